The highest BCUT2D eigenvalue weighted by atomic mass is 32.2. The van der Waals surface area contributed by atoms with E-state index >= 15 is 0 Å². The maximum atomic E-state index is 12.7. The van der Waals surface area contributed by atoms with E-state index in [1.165, 1.54) is 24.3 Å². The smallest absolute Gasteiger partial charge is 0.284 e. The van der Waals surface area contributed by atoms with Gasteiger partial charge in [0, 0.05) is 11.3 Å². The van der Waals surface area contributed by atoms with Crippen LogP contribution in [0.3, 0.4) is 0 Å². The molecule has 28 heavy (non-hydrogen) atoms. The molecule has 3 N–H and O–H groups in total. The van der Waals surface area contributed by atoms with Gasteiger partial charge in [-0.15, -0.1) is 4.40 Å². The molecule has 6 nitrogen and oxygen atoms in total. The maximum Gasteiger partial charge on any atom is 0.284 e. The van der Waals surface area contributed by atoms with Gasteiger partial charge in [0.25, 0.3) is 10.0 Å². The number of hydrogen-bond donors (Lipinski definition) is 3. The zero-order valence-electron chi connectivity index (χ0n) is 14.6. The van der Waals surface area contributed by atoms with Crippen molar-refractivity contribution in [3.63, 3.8) is 0 Å². The number of amidine groups is 1. The van der Waals surface area contributed by atoms with Gasteiger partial charge in [0.1, 0.15) is 5.75 Å². The Labute approximate surface area is 168 Å². The SMILES string of the molecule is O=S(=O)(N=C(NC(=S)Nc1ccc(O)cc1)c1ccccc1)c1ccccc1. The second-order valence-corrected chi connectivity index (χ2v) is 7.73. The lowest BCUT2D eigenvalue weighted by Crippen LogP contribution is -2.35. The van der Waals surface area contributed by atoms with E-state index in [4.69, 9.17) is 12.2 Å². The van der Waals surface area contributed by atoms with Crippen LogP contribution in [-0.2, 0) is 10.0 Å². The van der Waals surface area contributed by atoms with Crippen molar-refractivity contribution >= 4 is 38.9 Å². The Balaban J connectivity index is 1.90. The van der Waals surface area contributed by atoms with Crippen LogP contribution in [0.4, 0.5) is 5.69 Å². The van der Waals surface area contributed by atoms with Crippen LogP contribution in [-0.4, -0.2) is 24.5 Å². The third kappa shape index (κ3) is 5.15. The van der Waals surface area contributed by atoms with Crippen LogP contribution in [0.15, 0.2) is 94.2 Å². The number of aromatic hydroxyl groups is 1. The van der Waals surface area contributed by atoms with E-state index in [0.717, 1.165) is 0 Å². The van der Waals surface area contributed by atoms with Gasteiger partial charge in [-0.25, -0.2) is 0 Å². The molecule has 0 fully saturated rings. The molecular weight excluding hydrogens is 394 g/mol. The van der Waals surface area contributed by atoms with E-state index in [-0.39, 0.29) is 21.6 Å². The quantitative estimate of drug-likeness (QED) is 0.263. The predicted octanol–water partition coefficient (Wildman–Crippen LogP) is 3.51. The van der Waals surface area contributed by atoms with Gasteiger partial charge >= 0.3 is 0 Å². The molecule has 0 bridgehead atoms. The Kier molecular flexibility index (Phi) is 6.03. The molecule has 0 aliphatic rings. The van der Waals surface area contributed by atoms with Crippen LogP contribution in [0.5, 0.6) is 5.75 Å². The monoisotopic (exact) mass is 411 g/mol. The number of phenolic OH excluding ortho intramolecular Hbond substituents is 1. The van der Waals surface area contributed by atoms with Crippen molar-refractivity contribution in [2.45, 2.75) is 4.90 Å². The minimum atomic E-state index is -3.93. The average Bonchev–Trinajstić information content (AvgIpc) is 2.70. The van der Waals surface area contributed by atoms with Crippen LogP contribution in [0.2, 0.25) is 0 Å². The lowest BCUT2D eigenvalue weighted by atomic mass is 10.2. The first-order valence-electron chi connectivity index (χ1n) is 8.26. The number of hydrogen-bond acceptors (Lipinski definition) is 4. The van der Waals surface area contributed by atoms with Crippen molar-refractivity contribution in [1.82, 2.24) is 5.32 Å². The van der Waals surface area contributed by atoms with Crippen LogP contribution in [0.1, 0.15) is 5.56 Å². The minimum absolute atomic E-state index is 0.0858. The summed E-state index contributed by atoms with van der Waals surface area (Å²) in [5.74, 6) is 0.227. The number of nitrogens with one attached hydrogen (secondary N) is 2. The van der Waals surface area contributed by atoms with Gasteiger partial charge in [0.05, 0.1) is 4.90 Å². The third-order valence-corrected chi connectivity index (χ3v) is 5.15. The van der Waals surface area contributed by atoms with Crippen molar-refractivity contribution in [1.29, 1.82) is 0 Å². The molecular formula is C20H17N3O3S2. The molecule has 0 atom stereocenters. The van der Waals surface area contributed by atoms with E-state index < -0.39 is 10.0 Å². The molecule has 0 aromatic heterocycles. The number of phenols is 1. The summed E-state index contributed by atoms with van der Waals surface area (Å²) in [7, 11) is -3.93. The largest absolute Gasteiger partial charge is 0.508 e. The first-order chi connectivity index (χ1) is 13.4. The summed E-state index contributed by atoms with van der Waals surface area (Å²) in [6.07, 6.45) is 0. The molecule has 0 amide bonds. The fraction of sp³-hybridized carbons (Fsp3) is 0. The topological polar surface area (TPSA) is 90.8 Å². The second kappa shape index (κ2) is 8.64. The molecule has 3 rings (SSSR count). The van der Waals surface area contributed by atoms with Crippen molar-refractivity contribution in [2.75, 3.05) is 5.32 Å². The molecule has 3 aromatic carbocycles. The normalized spacial score (nSPS) is 11.6. The van der Waals surface area contributed by atoms with Crippen molar-refractivity contribution in [3.05, 3.63) is 90.5 Å². The maximum absolute atomic E-state index is 12.7. The molecule has 142 valence electrons. The number of rotatable bonds is 4. The Morgan fingerprint density at radius 1 is 0.857 bits per heavy atom. The van der Waals surface area contributed by atoms with Gasteiger partial charge in [-0.2, -0.15) is 8.42 Å². The second-order valence-electron chi connectivity index (χ2n) is 5.72. The molecule has 0 unspecified atom stereocenters. The van der Waals surface area contributed by atoms with Gasteiger partial charge < -0.3 is 15.7 Å². The average molecular weight is 412 g/mol. The molecule has 0 spiro atoms. The number of benzene rings is 3. The van der Waals surface area contributed by atoms with Crippen molar-refractivity contribution in [3.8, 4) is 5.75 Å². The highest BCUT2D eigenvalue weighted by Crippen LogP contribution is 2.15. The Morgan fingerprint density at radius 3 is 2.04 bits per heavy atom. The molecule has 0 heterocycles. The lowest BCUT2D eigenvalue weighted by molar-refractivity contribution is 0.475. The summed E-state index contributed by atoms with van der Waals surface area (Å²) >= 11 is 5.29. The van der Waals surface area contributed by atoms with E-state index in [1.54, 1.807) is 54.6 Å². The molecule has 0 saturated carbocycles. The highest BCUT2D eigenvalue weighted by Gasteiger charge is 2.16. The van der Waals surface area contributed by atoms with E-state index in [0.29, 0.717) is 11.3 Å². The van der Waals surface area contributed by atoms with Crippen LogP contribution >= 0.6 is 12.2 Å². The van der Waals surface area contributed by atoms with E-state index in [1.807, 2.05) is 6.07 Å². The van der Waals surface area contributed by atoms with E-state index in [2.05, 4.69) is 15.0 Å². The van der Waals surface area contributed by atoms with Gasteiger partial charge in [0.2, 0.25) is 0 Å². The zero-order chi connectivity index (χ0) is 20.0. The minimum Gasteiger partial charge on any atom is -0.508 e. The summed E-state index contributed by atoms with van der Waals surface area (Å²) < 4.78 is 29.3. The van der Waals surface area contributed by atoms with Gasteiger partial charge in [-0.3, -0.25) is 0 Å². The Hall–Kier alpha value is -3.23. The van der Waals surface area contributed by atoms with Gasteiger partial charge in [-0.05, 0) is 48.6 Å². The summed E-state index contributed by atoms with van der Waals surface area (Å²) in [6, 6.07) is 23.1. The van der Waals surface area contributed by atoms with Crippen molar-refractivity contribution < 1.29 is 13.5 Å². The summed E-state index contributed by atoms with van der Waals surface area (Å²) in [5, 5.41) is 15.3. The molecule has 0 aliphatic heterocycles. The lowest BCUT2D eigenvalue weighted by Gasteiger charge is -2.13. The number of anilines is 1. The first-order valence-corrected chi connectivity index (χ1v) is 10.1. The fourth-order valence-corrected chi connectivity index (χ4v) is 3.54. The van der Waals surface area contributed by atoms with Gasteiger partial charge in [-0.1, -0.05) is 48.5 Å². The molecule has 0 aliphatic carbocycles. The standard InChI is InChI=1S/C20H17N3O3S2/c24-17-13-11-16(12-14-17)21-20(27)22-19(15-7-3-1-4-8-15)23-28(25,26)18-9-5-2-6-10-18/h1-14,24H,(H2,21,22,23,27). The molecule has 3 aromatic rings. The summed E-state index contributed by atoms with van der Waals surface area (Å²) in [5.41, 5.74) is 1.20. The number of thiocarbonyl (C=S) groups is 1. The van der Waals surface area contributed by atoms with Crippen LogP contribution in [0, 0.1) is 0 Å². The molecule has 0 saturated heterocycles. The number of sulfonamides is 1. The first kappa shape index (κ1) is 19.5. The summed E-state index contributed by atoms with van der Waals surface area (Å²) in [6.45, 7) is 0. The Bertz CT molecular complexity index is 1080. The van der Waals surface area contributed by atoms with Crippen molar-refractivity contribution in [2.24, 2.45) is 4.40 Å². The van der Waals surface area contributed by atoms with Gasteiger partial charge in [0.15, 0.2) is 10.9 Å². The predicted molar refractivity (Wildman–Crippen MR) is 114 cm³/mol. The summed E-state index contributed by atoms with van der Waals surface area (Å²) in [4.78, 5) is 0.0858. The Morgan fingerprint density at radius 2 is 1.43 bits per heavy atom. The molecule has 8 heteroatoms. The molecule has 0 radical (unpaired) electrons. The van der Waals surface area contributed by atoms with Crippen LogP contribution < -0.4 is 10.6 Å². The highest BCUT2D eigenvalue weighted by molar-refractivity contribution is 7.90. The zero-order valence-corrected chi connectivity index (χ0v) is 16.2. The van der Waals surface area contributed by atoms with E-state index in [9.17, 15) is 13.5 Å². The fourth-order valence-electron chi connectivity index (χ4n) is 2.32. The number of nitrogens with zero attached hydrogens (tertiary/aromatic N) is 1. The van der Waals surface area contributed by atoms with Crippen LogP contribution in [0.25, 0.3) is 0 Å². The third-order valence-electron chi connectivity index (χ3n) is 3.66.